The SMILES string of the molecule is Cc1cc(-c2nc(C#N)nc3c2ccn3C)ccc1OCCOC1CCNCC1. The van der Waals surface area contributed by atoms with Gasteiger partial charge < -0.3 is 19.4 Å². The summed E-state index contributed by atoms with van der Waals surface area (Å²) in [5.74, 6) is 1.00. The summed E-state index contributed by atoms with van der Waals surface area (Å²) in [6.45, 7) is 5.18. The lowest BCUT2D eigenvalue weighted by Crippen LogP contribution is -2.33. The van der Waals surface area contributed by atoms with Gasteiger partial charge in [-0.2, -0.15) is 5.26 Å². The Bertz CT molecular complexity index is 1050. The first-order valence-corrected chi connectivity index (χ1v) is 9.95. The smallest absolute Gasteiger partial charge is 0.234 e. The van der Waals surface area contributed by atoms with Gasteiger partial charge in [-0.25, -0.2) is 9.97 Å². The van der Waals surface area contributed by atoms with Crippen molar-refractivity contribution in [3.63, 3.8) is 0 Å². The minimum Gasteiger partial charge on any atom is -0.491 e. The highest BCUT2D eigenvalue weighted by Crippen LogP contribution is 2.30. The molecule has 1 aliphatic rings. The van der Waals surface area contributed by atoms with E-state index in [9.17, 15) is 5.26 Å². The number of hydrogen-bond acceptors (Lipinski definition) is 6. The molecule has 3 aromatic rings. The van der Waals surface area contributed by atoms with Crippen molar-refractivity contribution in [2.75, 3.05) is 26.3 Å². The molecule has 1 N–H and O–H groups in total. The molecule has 1 saturated heterocycles. The van der Waals surface area contributed by atoms with Crippen molar-refractivity contribution in [2.24, 2.45) is 7.05 Å². The van der Waals surface area contributed by atoms with Gasteiger partial charge in [0.1, 0.15) is 24.1 Å². The lowest BCUT2D eigenvalue weighted by atomic mass is 10.1. The first-order valence-electron chi connectivity index (χ1n) is 9.95. The van der Waals surface area contributed by atoms with Crippen LogP contribution in [-0.2, 0) is 11.8 Å². The van der Waals surface area contributed by atoms with Crippen LogP contribution in [-0.4, -0.2) is 46.9 Å². The third-order valence-electron chi connectivity index (χ3n) is 5.25. The number of benzene rings is 1. The van der Waals surface area contributed by atoms with Crippen molar-refractivity contribution < 1.29 is 9.47 Å². The third kappa shape index (κ3) is 4.24. The van der Waals surface area contributed by atoms with E-state index in [0.717, 1.165) is 59.5 Å². The number of fused-ring (bicyclic) bond motifs is 1. The number of ether oxygens (including phenoxy) is 2. The van der Waals surface area contributed by atoms with E-state index in [1.807, 2.05) is 49.0 Å². The van der Waals surface area contributed by atoms with Crippen LogP contribution >= 0.6 is 0 Å². The average molecular weight is 391 g/mol. The molecule has 1 aromatic carbocycles. The molecule has 0 spiro atoms. The molecule has 0 saturated carbocycles. The molecule has 29 heavy (non-hydrogen) atoms. The Balaban J connectivity index is 1.47. The molecule has 2 aromatic heterocycles. The zero-order valence-corrected chi connectivity index (χ0v) is 16.8. The summed E-state index contributed by atoms with van der Waals surface area (Å²) in [6.07, 6.45) is 4.39. The van der Waals surface area contributed by atoms with E-state index in [-0.39, 0.29) is 5.82 Å². The summed E-state index contributed by atoms with van der Waals surface area (Å²) >= 11 is 0. The predicted molar refractivity (Wildman–Crippen MR) is 111 cm³/mol. The maximum absolute atomic E-state index is 9.29. The van der Waals surface area contributed by atoms with Crippen molar-refractivity contribution in [1.29, 1.82) is 5.26 Å². The molecular formula is C22H25N5O2. The van der Waals surface area contributed by atoms with Gasteiger partial charge in [0.15, 0.2) is 0 Å². The lowest BCUT2D eigenvalue weighted by Gasteiger charge is -2.23. The minimum atomic E-state index is 0.169. The van der Waals surface area contributed by atoms with Gasteiger partial charge in [-0.05, 0) is 62.7 Å². The molecule has 0 unspecified atom stereocenters. The van der Waals surface area contributed by atoms with E-state index in [1.165, 1.54) is 0 Å². The Morgan fingerprint density at radius 3 is 2.79 bits per heavy atom. The van der Waals surface area contributed by atoms with Crippen molar-refractivity contribution in [3.05, 3.63) is 41.9 Å². The highest BCUT2D eigenvalue weighted by atomic mass is 16.5. The number of piperidine rings is 1. The number of nitrogens with one attached hydrogen (secondary N) is 1. The normalized spacial score (nSPS) is 14.8. The van der Waals surface area contributed by atoms with E-state index in [1.54, 1.807) is 0 Å². The number of rotatable bonds is 6. The lowest BCUT2D eigenvalue weighted by molar-refractivity contribution is 0.0167. The Hall–Kier alpha value is -2.95. The molecule has 4 rings (SSSR count). The molecule has 1 fully saturated rings. The Labute approximate surface area is 170 Å². The van der Waals surface area contributed by atoms with Gasteiger partial charge in [-0.1, -0.05) is 0 Å². The minimum absolute atomic E-state index is 0.169. The Morgan fingerprint density at radius 1 is 1.21 bits per heavy atom. The predicted octanol–water partition coefficient (Wildman–Crippen LogP) is 2.96. The summed E-state index contributed by atoms with van der Waals surface area (Å²) in [5.41, 5.74) is 3.47. The summed E-state index contributed by atoms with van der Waals surface area (Å²) in [5, 5.41) is 13.6. The Kier molecular flexibility index (Phi) is 5.74. The first kappa shape index (κ1) is 19.4. The van der Waals surface area contributed by atoms with Gasteiger partial charge in [0.25, 0.3) is 0 Å². The van der Waals surface area contributed by atoms with Gasteiger partial charge in [-0.15, -0.1) is 0 Å². The average Bonchev–Trinajstić information content (AvgIpc) is 3.13. The maximum atomic E-state index is 9.29. The topological polar surface area (TPSA) is 85.0 Å². The van der Waals surface area contributed by atoms with Crippen molar-refractivity contribution in [2.45, 2.75) is 25.9 Å². The molecule has 3 heterocycles. The molecule has 7 heteroatoms. The number of hydrogen-bond donors (Lipinski definition) is 1. The molecule has 0 bridgehead atoms. The fraction of sp³-hybridized carbons (Fsp3) is 0.409. The largest absolute Gasteiger partial charge is 0.491 e. The number of nitriles is 1. The summed E-state index contributed by atoms with van der Waals surface area (Å²) < 4.78 is 13.7. The van der Waals surface area contributed by atoms with Crippen LogP contribution in [0.15, 0.2) is 30.5 Å². The van der Waals surface area contributed by atoms with Crippen molar-refractivity contribution >= 4 is 11.0 Å². The molecule has 0 aliphatic carbocycles. The zero-order chi connectivity index (χ0) is 20.2. The molecule has 0 amide bonds. The monoisotopic (exact) mass is 391 g/mol. The van der Waals surface area contributed by atoms with Crippen LogP contribution in [0, 0.1) is 18.3 Å². The highest BCUT2D eigenvalue weighted by molar-refractivity contribution is 5.91. The summed E-state index contributed by atoms with van der Waals surface area (Å²) in [6, 6.07) is 10.0. The first-order chi connectivity index (χ1) is 14.2. The fourth-order valence-corrected chi connectivity index (χ4v) is 3.69. The van der Waals surface area contributed by atoms with Crippen molar-refractivity contribution in [1.82, 2.24) is 19.9 Å². The fourth-order valence-electron chi connectivity index (χ4n) is 3.69. The molecule has 7 nitrogen and oxygen atoms in total. The van der Waals surface area contributed by atoms with E-state index in [2.05, 4.69) is 21.4 Å². The van der Waals surface area contributed by atoms with E-state index < -0.39 is 0 Å². The number of aromatic nitrogens is 3. The van der Waals surface area contributed by atoms with Crippen LogP contribution < -0.4 is 10.1 Å². The van der Waals surface area contributed by atoms with Crippen LogP contribution in [0.5, 0.6) is 5.75 Å². The van der Waals surface area contributed by atoms with E-state index in [0.29, 0.717) is 19.3 Å². The standard InChI is InChI=1S/C22H25N5O2/c1-15-13-16(21-18-7-10-27(2)22(18)26-20(14-23)25-21)3-4-19(15)29-12-11-28-17-5-8-24-9-6-17/h3-4,7,10,13,17,24H,5-6,8-9,11-12H2,1-2H3. The number of aryl methyl sites for hydroxylation is 2. The Morgan fingerprint density at radius 2 is 2.03 bits per heavy atom. The molecular weight excluding hydrogens is 366 g/mol. The van der Waals surface area contributed by atoms with Crippen LogP contribution in [0.3, 0.4) is 0 Å². The molecule has 0 radical (unpaired) electrons. The zero-order valence-electron chi connectivity index (χ0n) is 16.8. The summed E-state index contributed by atoms with van der Waals surface area (Å²) in [4.78, 5) is 8.77. The van der Waals surface area contributed by atoms with E-state index in [4.69, 9.17) is 9.47 Å². The van der Waals surface area contributed by atoms with E-state index >= 15 is 0 Å². The number of nitrogens with zero attached hydrogens (tertiary/aromatic N) is 4. The van der Waals surface area contributed by atoms with Crippen LogP contribution in [0.4, 0.5) is 0 Å². The second-order valence-corrected chi connectivity index (χ2v) is 7.32. The van der Waals surface area contributed by atoms with Gasteiger partial charge in [0.2, 0.25) is 5.82 Å². The van der Waals surface area contributed by atoms with Gasteiger partial charge in [-0.3, -0.25) is 0 Å². The molecule has 1 aliphatic heterocycles. The van der Waals surface area contributed by atoms with Gasteiger partial charge >= 0.3 is 0 Å². The van der Waals surface area contributed by atoms with Gasteiger partial charge in [0, 0.05) is 24.2 Å². The molecule has 150 valence electrons. The van der Waals surface area contributed by atoms with Gasteiger partial charge in [0.05, 0.1) is 18.4 Å². The second kappa shape index (κ2) is 8.60. The van der Waals surface area contributed by atoms with Crippen LogP contribution in [0.1, 0.15) is 24.2 Å². The molecule has 0 atom stereocenters. The van der Waals surface area contributed by atoms with Crippen molar-refractivity contribution in [3.8, 4) is 23.1 Å². The summed E-state index contributed by atoms with van der Waals surface area (Å²) in [7, 11) is 1.91. The third-order valence-corrected chi connectivity index (χ3v) is 5.25. The van der Waals surface area contributed by atoms with Crippen LogP contribution in [0.2, 0.25) is 0 Å². The quantitative estimate of drug-likeness (QED) is 0.650. The highest BCUT2D eigenvalue weighted by Gasteiger charge is 2.15. The van der Waals surface area contributed by atoms with Crippen LogP contribution in [0.25, 0.3) is 22.3 Å². The second-order valence-electron chi connectivity index (χ2n) is 7.32. The maximum Gasteiger partial charge on any atom is 0.234 e.